The molecule has 15 heavy (non-hydrogen) atoms. The monoisotopic (exact) mass is 229 g/mol. The summed E-state index contributed by atoms with van der Waals surface area (Å²) >= 11 is 4.76. The number of likely N-dealkylation sites (tertiary alicyclic amines) is 1. The van der Waals surface area contributed by atoms with Gasteiger partial charge in [0.25, 0.3) is 0 Å². The Morgan fingerprint density at radius 2 is 1.87 bits per heavy atom. The molecule has 1 aliphatic heterocycles. The van der Waals surface area contributed by atoms with E-state index in [4.69, 9.17) is 12.6 Å². The van der Waals surface area contributed by atoms with Gasteiger partial charge in [0.05, 0.1) is 0 Å². The average molecular weight is 229 g/mol. The fourth-order valence-electron chi connectivity index (χ4n) is 2.85. The van der Waals surface area contributed by atoms with Gasteiger partial charge in [0.15, 0.2) is 0 Å². The number of hydrogen-bond acceptors (Lipinski definition) is 2. The van der Waals surface area contributed by atoms with Crippen LogP contribution in [0.1, 0.15) is 60.3 Å². The molecule has 0 radical (unpaired) electrons. The van der Waals surface area contributed by atoms with Gasteiger partial charge in [-0.15, -0.1) is 0 Å². The van der Waals surface area contributed by atoms with Gasteiger partial charge in [-0.3, -0.25) is 4.90 Å². The first-order valence-electron chi connectivity index (χ1n) is 6.28. The Bertz CT molecular complexity index is 211. The molecule has 2 heteroatoms. The van der Waals surface area contributed by atoms with Crippen molar-refractivity contribution in [2.75, 3.05) is 6.54 Å². The fourth-order valence-corrected chi connectivity index (χ4v) is 3.11. The summed E-state index contributed by atoms with van der Waals surface area (Å²) in [6.07, 6.45) is 5.09. The molecule has 0 saturated carbocycles. The molecule has 1 atom stereocenters. The first-order valence-corrected chi connectivity index (χ1v) is 6.80. The van der Waals surface area contributed by atoms with Gasteiger partial charge in [0, 0.05) is 16.3 Å². The van der Waals surface area contributed by atoms with Gasteiger partial charge in [-0.2, -0.15) is 12.6 Å². The van der Waals surface area contributed by atoms with E-state index in [0.29, 0.717) is 10.8 Å². The Balaban J connectivity index is 2.81. The predicted molar refractivity (Wildman–Crippen MR) is 71.8 cm³/mol. The number of unbranched alkanes of at least 4 members (excludes halogenated alkanes) is 1. The third-order valence-corrected chi connectivity index (χ3v) is 4.90. The molecule has 0 aromatic heterocycles. The van der Waals surface area contributed by atoms with Crippen LogP contribution in [0.3, 0.4) is 0 Å². The predicted octanol–water partition coefficient (Wildman–Crippen LogP) is 3.74. The molecule has 1 nitrogen and oxygen atoms in total. The van der Waals surface area contributed by atoms with Crippen LogP contribution in [0.15, 0.2) is 0 Å². The molecule has 0 spiro atoms. The molecule has 1 heterocycles. The summed E-state index contributed by atoms with van der Waals surface area (Å²) in [7, 11) is 0. The summed E-state index contributed by atoms with van der Waals surface area (Å²) in [5.41, 5.74) is 0.581. The van der Waals surface area contributed by atoms with Crippen LogP contribution < -0.4 is 0 Å². The van der Waals surface area contributed by atoms with Crippen molar-refractivity contribution in [3.8, 4) is 0 Å². The Morgan fingerprint density at radius 3 is 2.40 bits per heavy atom. The van der Waals surface area contributed by atoms with Crippen LogP contribution in [0.2, 0.25) is 0 Å². The van der Waals surface area contributed by atoms with Crippen molar-refractivity contribution in [1.29, 1.82) is 0 Å². The van der Waals surface area contributed by atoms with Crippen LogP contribution in [-0.2, 0) is 0 Å². The SMILES string of the molecule is CCCCN1C(C)(C)CCC(S)C1(C)C. The first kappa shape index (κ1) is 13.4. The first-order chi connectivity index (χ1) is 6.82. The Morgan fingerprint density at radius 1 is 1.27 bits per heavy atom. The number of thiol groups is 1. The molecule has 1 saturated heterocycles. The summed E-state index contributed by atoms with van der Waals surface area (Å²) in [6, 6.07) is 0. The summed E-state index contributed by atoms with van der Waals surface area (Å²) in [5.74, 6) is 0. The maximum absolute atomic E-state index is 4.76. The van der Waals surface area contributed by atoms with Crippen LogP contribution >= 0.6 is 12.6 Å². The van der Waals surface area contributed by atoms with Gasteiger partial charge in [0.2, 0.25) is 0 Å². The van der Waals surface area contributed by atoms with Crippen LogP contribution in [0.4, 0.5) is 0 Å². The molecule has 0 aromatic rings. The van der Waals surface area contributed by atoms with Crippen molar-refractivity contribution in [1.82, 2.24) is 4.90 Å². The topological polar surface area (TPSA) is 3.24 Å². The van der Waals surface area contributed by atoms with Gasteiger partial charge in [-0.05, 0) is 53.5 Å². The molecule has 1 fully saturated rings. The largest absolute Gasteiger partial charge is 0.292 e. The molecule has 0 amide bonds. The maximum atomic E-state index is 4.76. The Hall–Kier alpha value is 0.310. The minimum absolute atomic E-state index is 0.236. The zero-order valence-electron chi connectivity index (χ0n) is 11.0. The van der Waals surface area contributed by atoms with Crippen molar-refractivity contribution in [3.05, 3.63) is 0 Å². The lowest BCUT2D eigenvalue weighted by molar-refractivity contribution is -0.0221. The third kappa shape index (κ3) is 2.71. The minimum atomic E-state index is 0.236. The highest BCUT2D eigenvalue weighted by Gasteiger charge is 2.45. The number of rotatable bonds is 3. The van der Waals surface area contributed by atoms with E-state index in [0.717, 1.165) is 0 Å². The summed E-state index contributed by atoms with van der Waals surface area (Å²) < 4.78 is 0. The molecule has 1 unspecified atom stereocenters. The van der Waals surface area contributed by atoms with Gasteiger partial charge in [0.1, 0.15) is 0 Å². The average Bonchev–Trinajstić information content (AvgIpc) is 2.12. The summed E-state index contributed by atoms with van der Waals surface area (Å²) in [6.45, 7) is 12.9. The van der Waals surface area contributed by atoms with Gasteiger partial charge in [-0.1, -0.05) is 13.3 Å². The molecule has 0 aliphatic carbocycles. The van der Waals surface area contributed by atoms with Crippen LogP contribution in [-0.4, -0.2) is 27.8 Å². The molecular formula is C13H27NS. The van der Waals surface area contributed by atoms with Gasteiger partial charge in [-0.25, -0.2) is 0 Å². The quantitative estimate of drug-likeness (QED) is 0.722. The van der Waals surface area contributed by atoms with E-state index >= 15 is 0 Å². The highest BCUT2D eigenvalue weighted by atomic mass is 32.1. The van der Waals surface area contributed by atoms with E-state index in [1.54, 1.807) is 0 Å². The molecule has 1 aliphatic rings. The molecular weight excluding hydrogens is 202 g/mol. The molecule has 0 bridgehead atoms. The maximum Gasteiger partial charge on any atom is 0.0274 e. The molecule has 90 valence electrons. The van der Waals surface area contributed by atoms with Gasteiger partial charge < -0.3 is 0 Å². The van der Waals surface area contributed by atoms with E-state index in [1.807, 2.05) is 0 Å². The highest BCUT2D eigenvalue weighted by Crippen LogP contribution is 2.40. The third-order valence-electron chi connectivity index (χ3n) is 4.01. The molecule has 0 aromatic carbocycles. The normalized spacial score (nSPS) is 30.4. The van der Waals surface area contributed by atoms with E-state index in [1.165, 1.54) is 32.2 Å². The van der Waals surface area contributed by atoms with E-state index < -0.39 is 0 Å². The smallest absolute Gasteiger partial charge is 0.0274 e. The minimum Gasteiger partial charge on any atom is -0.292 e. The van der Waals surface area contributed by atoms with Crippen LogP contribution in [0.5, 0.6) is 0 Å². The van der Waals surface area contributed by atoms with Crippen molar-refractivity contribution in [2.24, 2.45) is 0 Å². The summed E-state index contributed by atoms with van der Waals surface area (Å²) in [5, 5.41) is 0.516. The fraction of sp³-hybridized carbons (Fsp3) is 1.00. The van der Waals surface area contributed by atoms with E-state index in [-0.39, 0.29) is 5.54 Å². The lowest BCUT2D eigenvalue weighted by Gasteiger charge is -2.55. The number of hydrogen-bond donors (Lipinski definition) is 1. The van der Waals surface area contributed by atoms with Crippen molar-refractivity contribution in [2.45, 2.75) is 76.6 Å². The van der Waals surface area contributed by atoms with Crippen LogP contribution in [0.25, 0.3) is 0 Å². The zero-order chi connectivity index (χ0) is 11.7. The number of piperidine rings is 1. The van der Waals surface area contributed by atoms with E-state index in [2.05, 4.69) is 39.5 Å². The Labute approximate surface area is 101 Å². The number of nitrogens with zero attached hydrogens (tertiary/aromatic N) is 1. The second-order valence-corrected chi connectivity index (χ2v) is 6.65. The van der Waals surface area contributed by atoms with Crippen molar-refractivity contribution in [3.63, 3.8) is 0 Å². The lowest BCUT2D eigenvalue weighted by atomic mass is 9.79. The standard InChI is InChI=1S/C13H27NS/c1-6-7-10-14-12(2,3)9-8-11(15)13(14,4)5/h11,15H,6-10H2,1-5H3. The highest BCUT2D eigenvalue weighted by molar-refractivity contribution is 7.81. The van der Waals surface area contributed by atoms with E-state index in [9.17, 15) is 0 Å². The second-order valence-electron chi connectivity index (χ2n) is 6.03. The second kappa shape index (κ2) is 4.67. The zero-order valence-corrected chi connectivity index (χ0v) is 11.9. The van der Waals surface area contributed by atoms with Gasteiger partial charge >= 0.3 is 0 Å². The summed E-state index contributed by atoms with van der Waals surface area (Å²) in [4.78, 5) is 2.67. The lowest BCUT2D eigenvalue weighted by Crippen LogP contribution is -2.63. The van der Waals surface area contributed by atoms with Crippen LogP contribution in [0, 0.1) is 0 Å². The molecule has 0 N–H and O–H groups in total. The Kier molecular flexibility index (Phi) is 4.16. The van der Waals surface area contributed by atoms with Crippen molar-refractivity contribution >= 4 is 12.6 Å². The van der Waals surface area contributed by atoms with Crippen molar-refractivity contribution < 1.29 is 0 Å². The molecule has 1 rings (SSSR count).